The molecule has 0 aliphatic heterocycles. The number of carbonyl (C=O) groups is 4. The van der Waals surface area contributed by atoms with E-state index in [1.807, 2.05) is 0 Å². The summed E-state index contributed by atoms with van der Waals surface area (Å²) < 4.78 is 0. The van der Waals surface area contributed by atoms with Gasteiger partial charge in [-0.3, -0.25) is 19.3 Å². The Bertz CT molecular complexity index is 1180. The Labute approximate surface area is 188 Å². The van der Waals surface area contributed by atoms with E-state index in [9.17, 15) is 39.6 Å². The van der Waals surface area contributed by atoms with Crippen LogP contribution in [0, 0.1) is 11.8 Å². The maximum Gasteiger partial charge on any atom is 0.255 e. The number of carbonyl (C=O) groups excluding carboxylic acids is 4. The van der Waals surface area contributed by atoms with Crippen LogP contribution in [0.4, 0.5) is 0 Å². The van der Waals surface area contributed by atoms with E-state index in [-0.39, 0.29) is 36.1 Å². The van der Waals surface area contributed by atoms with Gasteiger partial charge in [0, 0.05) is 17.9 Å². The van der Waals surface area contributed by atoms with E-state index in [0.29, 0.717) is 17.4 Å². The molecule has 3 aliphatic carbocycles. The van der Waals surface area contributed by atoms with Gasteiger partial charge in [-0.05, 0) is 50.0 Å². The Hall–Kier alpha value is -3.50. The number of Topliss-reactive ketones (excluding diaryl/α,β-unsaturated/α-hetero) is 2. The molecule has 1 fully saturated rings. The summed E-state index contributed by atoms with van der Waals surface area (Å²) in [5.41, 5.74) is 2.58. The molecule has 0 saturated heterocycles. The highest BCUT2D eigenvalue weighted by Gasteiger charge is 2.64. The normalized spacial score (nSPS) is 29.0. The number of amides is 1. The van der Waals surface area contributed by atoms with Crippen LogP contribution in [0.25, 0.3) is 5.76 Å². The highest BCUT2D eigenvalue weighted by molar-refractivity contribution is 6.24. The zero-order chi connectivity index (χ0) is 24.4. The molecule has 0 unspecified atom stereocenters. The summed E-state index contributed by atoms with van der Waals surface area (Å²) in [5, 5.41) is 43.7. The highest BCUT2D eigenvalue weighted by Crippen LogP contribution is 2.52. The van der Waals surface area contributed by atoms with Crippen LogP contribution in [0.2, 0.25) is 0 Å². The minimum atomic E-state index is -2.67. The lowest BCUT2D eigenvalue weighted by Gasteiger charge is -2.50. The summed E-state index contributed by atoms with van der Waals surface area (Å²) in [5.74, 6) is -6.97. The van der Waals surface area contributed by atoms with Crippen LogP contribution >= 0.6 is 0 Å². The molecule has 10 heteroatoms. The van der Waals surface area contributed by atoms with Crippen molar-refractivity contribution in [3.05, 3.63) is 45.7 Å². The number of nitrogens with two attached hydrogens (primary N) is 1. The lowest BCUT2D eigenvalue weighted by atomic mass is 9.57. The van der Waals surface area contributed by atoms with Crippen molar-refractivity contribution < 1.29 is 39.6 Å². The summed E-state index contributed by atoms with van der Waals surface area (Å²) in [7, 11) is 3.07. The average Bonchev–Trinajstić information content (AvgIpc) is 2.72. The Morgan fingerprint density at radius 2 is 1.91 bits per heavy atom. The van der Waals surface area contributed by atoms with Gasteiger partial charge in [-0.2, -0.15) is 0 Å². The number of aliphatic hydroxyl groups excluding tert-OH is 2. The maximum atomic E-state index is 13.6. The molecule has 3 aliphatic rings. The number of hydrogen-bond donors (Lipinski definition) is 5. The van der Waals surface area contributed by atoms with Crippen LogP contribution in [0.15, 0.2) is 29.0 Å². The van der Waals surface area contributed by atoms with Gasteiger partial charge >= 0.3 is 0 Å². The molecule has 0 radical (unpaired) electrons. The fraction of sp³-hybridized carbons (Fsp3) is 0.391. The van der Waals surface area contributed by atoms with Crippen molar-refractivity contribution in [2.45, 2.75) is 30.9 Å². The van der Waals surface area contributed by atoms with Crippen LogP contribution in [0.3, 0.4) is 0 Å². The third-order valence-electron chi connectivity index (χ3n) is 7.00. The monoisotopic (exact) mass is 456 g/mol. The number of likely N-dealkylation sites (N-methyl/N-ethyl adjacent to an activating group) is 1. The van der Waals surface area contributed by atoms with Crippen molar-refractivity contribution in [2.75, 3.05) is 14.1 Å². The van der Waals surface area contributed by atoms with Gasteiger partial charge in [0.25, 0.3) is 5.91 Å². The van der Waals surface area contributed by atoms with Gasteiger partial charge in [0.05, 0.1) is 11.6 Å². The molecule has 0 spiro atoms. The van der Waals surface area contributed by atoms with Gasteiger partial charge in [-0.25, -0.2) is 0 Å². The molecule has 6 N–H and O–H groups in total. The third-order valence-corrected chi connectivity index (χ3v) is 7.00. The molecule has 4 atom stereocenters. The SMILES string of the molecule is CN(C)[C@@H]1C(=O)C(C(N)=O)=C(O)[C@@]2(O)C(=O)C3=C(O)c4c(O)ccc(CC=O)c4C[C@H]3C[C@@H]12. The predicted molar refractivity (Wildman–Crippen MR) is 114 cm³/mol. The number of primary amides is 1. The number of ketones is 2. The molecule has 1 amide bonds. The molecular formula is C23H24N2O8. The smallest absolute Gasteiger partial charge is 0.255 e. The van der Waals surface area contributed by atoms with E-state index in [2.05, 4.69) is 0 Å². The summed E-state index contributed by atoms with van der Waals surface area (Å²) in [6.45, 7) is 0. The highest BCUT2D eigenvalue weighted by atomic mass is 16.3. The standard InChI is InChI=1S/C23H24N2O8/c1-25(2)17-12-8-10-7-11-9(5-6-26)3-4-13(27)15(11)18(28)14(10)20(30)23(12,33)21(31)16(19(17)29)22(24)32/h3-4,6,10,12,17,27-28,31,33H,5,7-8H2,1-2H3,(H2,24,32)/t10-,12-,17-,23-/m0/s1. The Kier molecular flexibility index (Phi) is 5.18. The number of phenolic OH excluding ortho intramolecular Hbond substituents is 1. The van der Waals surface area contributed by atoms with E-state index in [1.54, 1.807) is 6.07 Å². The van der Waals surface area contributed by atoms with Gasteiger partial charge in [-0.1, -0.05) is 6.07 Å². The number of fused-ring (bicyclic) bond motifs is 3. The van der Waals surface area contributed by atoms with Crippen molar-refractivity contribution in [3.8, 4) is 5.75 Å². The second kappa shape index (κ2) is 7.53. The van der Waals surface area contributed by atoms with E-state index in [0.717, 1.165) is 0 Å². The predicted octanol–water partition coefficient (Wildman–Crippen LogP) is -0.295. The second-order valence-electron chi connectivity index (χ2n) is 8.93. The Morgan fingerprint density at radius 1 is 1.24 bits per heavy atom. The van der Waals surface area contributed by atoms with Gasteiger partial charge in [0.1, 0.15) is 29.1 Å². The third kappa shape index (κ3) is 2.94. The lowest BCUT2D eigenvalue weighted by molar-refractivity contribution is -0.153. The zero-order valence-corrected chi connectivity index (χ0v) is 18.0. The molecule has 1 aromatic carbocycles. The Balaban J connectivity index is 1.98. The molecule has 10 nitrogen and oxygen atoms in total. The summed E-state index contributed by atoms with van der Waals surface area (Å²) >= 11 is 0. The molecule has 0 heterocycles. The quantitative estimate of drug-likeness (QED) is 0.300. The van der Waals surface area contributed by atoms with Crippen LogP contribution < -0.4 is 5.73 Å². The van der Waals surface area contributed by atoms with Gasteiger partial charge in [0.15, 0.2) is 11.4 Å². The first-order valence-electron chi connectivity index (χ1n) is 10.4. The molecule has 174 valence electrons. The first-order chi connectivity index (χ1) is 15.5. The fourth-order valence-corrected chi connectivity index (χ4v) is 5.59. The molecule has 33 heavy (non-hydrogen) atoms. The topological polar surface area (TPSA) is 178 Å². The van der Waals surface area contributed by atoms with Crippen LogP contribution in [-0.4, -0.2) is 74.8 Å². The molecule has 4 rings (SSSR count). The van der Waals surface area contributed by atoms with E-state index < -0.39 is 58.0 Å². The van der Waals surface area contributed by atoms with E-state index in [4.69, 9.17) is 5.73 Å². The number of aliphatic hydroxyl groups is 3. The largest absolute Gasteiger partial charge is 0.508 e. The van der Waals surface area contributed by atoms with Crippen molar-refractivity contribution in [3.63, 3.8) is 0 Å². The molecule has 0 bridgehead atoms. The first kappa shape index (κ1) is 22.7. The van der Waals surface area contributed by atoms with Crippen molar-refractivity contribution >= 4 is 29.5 Å². The molecule has 1 aromatic rings. The Morgan fingerprint density at radius 3 is 2.48 bits per heavy atom. The van der Waals surface area contributed by atoms with Crippen molar-refractivity contribution in [1.82, 2.24) is 4.90 Å². The van der Waals surface area contributed by atoms with Crippen molar-refractivity contribution in [1.29, 1.82) is 0 Å². The lowest BCUT2D eigenvalue weighted by Crippen LogP contribution is -2.65. The average molecular weight is 456 g/mol. The van der Waals surface area contributed by atoms with E-state index >= 15 is 0 Å². The van der Waals surface area contributed by atoms with Gasteiger partial charge < -0.3 is 31.0 Å². The molecule has 1 saturated carbocycles. The van der Waals surface area contributed by atoms with Gasteiger partial charge in [0.2, 0.25) is 5.78 Å². The maximum absolute atomic E-state index is 13.6. The molecular weight excluding hydrogens is 432 g/mol. The summed E-state index contributed by atoms with van der Waals surface area (Å²) in [6, 6.07) is 1.72. The summed E-state index contributed by atoms with van der Waals surface area (Å²) in [4.78, 5) is 51.2. The van der Waals surface area contributed by atoms with E-state index in [1.165, 1.54) is 25.1 Å². The van der Waals surface area contributed by atoms with Crippen LogP contribution in [0.5, 0.6) is 5.75 Å². The zero-order valence-electron chi connectivity index (χ0n) is 18.0. The van der Waals surface area contributed by atoms with Crippen LogP contribution in [0.1, 0.15) is 23.1 Å². The number of rotatable bonds is 4. The number of nitrogens with zero attached hydrogens (tertiary/aromatic N) is 1. The molecule has 0 aromatic heterocycles. The number of aromatic hydroxyl groups is 1. The second-order valence-corrected chi connectivity index (χ2v) is 8.93. The fourth-order valence-electron chi connectivity index (χ4n) is 5.59. The minimum absolute atomic E-state index is 0.00193. The van der Waals surface area contributed by atoms with Gasteiger partial charge in [-0.15, -0.1) is 0 Å². The minimum Gasteiger partial charge on any atom is -0.508 e. The number of aldehydes is 1. The van der Waals surface area contributed by atoms with Crippen molar-refractivity contribution in [2.24, 2.45) is 17.6 Å². The first-order valence-corrected chi connectivity index (χ1v) is 10.4. The number of hydrogen-bond acceptors (Lipinski definition) is 9. The number of benzene rings is 1. The van der Waals surface area contributed by atoms with Crippen LogP contribution in [-0.2, 0) is 32.0 Å². The number of phenols is 1. The summed E-state index contributed by atoms with van der Waals surface area (Å²) in [6.07, 6.45) is 0.876.